The van der Waals surface area contributed by atoms with E-state index in [0.717, 1.165) is 33.3 Å². The smallest absolute Gasteiger partial charge is 0.262 e. The fraction of sp³-hybridized carbons (Fsp3) is 0.240. The SMILES string of the molecule is CCc1cc(Br)cc(C)c1NC(=O)COc1ccc(S(=O)(=O)Nc2ccc(C)cc2)cc1C. The molecule has 0 saturated carbocycles. The van der Waals surface area contributed by atoms with Crippen LogP contribution in [0.15, 0.2) is 64.0 Å². The summed E-state index contributed by atoms with van der Waals surface area (Å²) in [4.78, 5) is 12.6. The van der Waals surface area contributed by atoms with Crippen molar-refractivity contribution in [2.45, 2.75) is 39.0 Å². The second kappa shape index (κ2) is 10.4. The van der Waals surface area contributed by atoms with Gasteiger partial charge in [0.15, 0.2) is 6.61 Å². The highest BCUT2D eigenvalue weighted by molar-refractivity contribution is 9.10. The van der Waals surface area contributed by atoms with Gasteiger partial charge in [0, 0.05) is 15.8 Å². The lowest BCUT2D eigenvalue weighted by molar-refractivity contribution is -0.118. The molecular formula is C25H27BrN2O4S. The maximum atomic E-state index is 12.7. The lowest BCUT2D eigenvalue weighted by atomic mass is 10.1. The quantitative estimate of drug-likeness (QED) is 0.388. The topological polar surface area (TPSA) is 84.5 Å². The average molecular weight is 531 g/mol. The van der Waals surface area contributed by atoms with Crippen LogP contribution in [0.4, 0.5) is 11.4 Å². The first kappa shape index (κ1) is 24.8. The Hall–Kier alpha value is -2.84. The minimum atomic E-state index is -3.74. The van der Waals surface area contributed by atoms with Crippen LogP contribution >= 0.6 is 15.9 Å². The monoisotopic (exact) mass is 530 g/mol. The Kier molecular flexibility index (Phi) is 7.81. The fourth-order valence-electron chi connectivity index (χ4n) is 3.38. The maximum absolute atomic E-state index is 12.7. The summed E-state index contributed by atoms with van der Waals surface area (Å²) in [6.45, 7) is 7.46. The highest BCUT2D eigenvalue weighted by Crippen LogP contribution is 2.27. The summed E-state index contributed by atoms with van der Waals surface area (Å²) < 4.78 is 34.6. The van der Waals surface area contributed by atoms with E-state index >= 15 is 0 Å². The molecule has 0 fully saturated rings. The highest BCUT2D eigenvalue weighted by Gasteiger charge is 2.17. The molecule has 3 rings (SSSR count). The Morgan fingerprint density at radius 3 is 2.30 bits per heavy atom. The van der Waals surface area contributed by atoms with Gasteiger partial charge < -0.3 is 10.1 Å². The predicted molar refractivity (Wildman–Crippen MR) is 136 cm³/mol. The van der Waals surface area contributed by atoms with Crippen LogP contribution in [-0.4, -0.2) is 20.9 Å². The van der Waals surface area contributed by atoms with Crippen LogP contribution in [0.25, 0.3) is 0 Å². The molecule has 8 heteroatoms. The number of rotatable bonds is 8. The van der Waals surface area contributed by atoms with Crippen LogP contribution in [0.5, 0.6) is 5.75 Å². The summed E-state index contributed by atoms with van der Waals surface area (Å²) >= 11 is 3.48. The second-order valence-corrected chi connectivity index (χ2v) is 10.4. The third kappa shape index (κ3) is 6.36. The molecule has 2 N–H and O–H groups in total. The molecule has 0 saturated heterocycles. The number of aryl methyl sites for hydroxylation is 4. The molecule has 3 aromatic rings. The minimum absolute atomic E-state index is 0.121. The Morgan fingerprint density at radius 2 is 1.67 bits per heavy atom. The van der Waals surface area contributed by atoms with Gasteiger partial charge >= 0.3 is 0 Å². The van der Waals surface area contributed by atoms with Crippen molar-refractivity contribution in [3.8, 4) is 5.75 Å². The number of halogens is 1. The van der Waals surface area contributed by atoms with Crippen molar-refractivity contribution in [3.05, 3.63) is 81.3 Å². The van der Waals surface area contributed by atoms with Gasteiger partial charge in [-0.1, -0.05) is 40.5 Å². The molecular weight excluding hydrogens is 504 g/mol. The zero-order valence-electron chi connectivity index (χ0n) is 19.0. The molecule has 0 unspecified atom stereocenters. The molecule has 0 heterocycles. The van der Waals surface area contributed by atoms with Gasteiger partial charge in [-0.25, -0.2) is 8.42 Å². The van der Waals surface area contributed by atoms with Crippen LogP contribution in [0, 0.1) is 20.8 Å². The maximum Gasteiger partial charge on any atom is 0.262 e. The summed E-state index contributed by atoms with van der Waals surface area (Å²) in [6, 6.07) is 15.6. The Morgan fingerprint density at radius 1 is 0.970 bits per heavy atom. The zero-order valence-corrected chi connectivity index (χ0v) is 21.4. The normalized spacial score (nSPS) is 11.2. The fourth-order valence-corrected chi connectivity index (χ4v) is 5.14. The number of sulfonamides is 1. The van der Waals surface area contributed by atoms with E-state index in [1.54, 1.807) is 25.1 Å². The van der Waals surface area contributed by atoms with Crippen LogP contribution in [0.1, 0.15) is 29.2 Å². The molecule has 0 aliphatic carbocycles. The first-order chi connectivity index (χ1) is 15.6. The van der Waals surface area contributed by atoms with Crippen LogP contribution in [-0.2, 0) is 21.2 Å². The number of carbonyl (C=O) groups is 1. The van der Waals surface area contributed by atoms with Gasteiger partial charge in [-0.2, -0.15) is 0 Å². The third-order valence-corrected chi connectivity index (χ3v) is 6.98. The lowest BCUT2D eigenvalue weighted by Crippen LogP contribution is -2.22. The van der Waals surface area contributed by atoms with Crippen molar-refractivity contribution in [3.63, 3.8) is 0 Å². The average Bonchev–Trinajstić information content (AvgIpc) is 2.76. The lowest BCUT2D eigenvalue weighted by Gasteiger charge is -2.15. The molecule has 3 aromatic carbocycles. The standard InChI is InChI=1S/C25H27BrN2O4S/c1-5-19-14-20(26)12-18(4)25(19)27-24(29)15-32-23-11-10-22(13-17(23)3)33(30,31)28-21-8-6-16(2)7-9-21/h6-14,28H,5,15H2,1-4H3,(H,27,29). The number of hydrogen-bond donors (Lipinski definition) is 2. The number of hydrogen-bond acceptors (Lipinski definition) is 4. The van der Waals surface area contributed by atoms with Crippen molar-refractivity contribution in [1.29, 1.82) is 0 Å². The number of anilines is 2. The van der Waals surface area contributed by atoms with Crippen LogP contribution < -0.4 is 14.8 Å². The Bertz CT molecular complexity index is 1270. The van der Waals surface area contributed by atoms with Crippen LogP contribution in [0.3, 0.4) is 0 Å². The van der Waals surface area contributed by atoms with E-state index in [9.17, 15) is 13.2 Å². The third-order valence-electron chi connectivity index (χ3n) is 5.15. The Balaban J connectivity index is 1.67. The molecule has 0 radical (unpaired) electrons. The van der Waals surface area contributed by atoms with E-state index in [4.69, 9.17) is 4.74 Å². The molecule has 1 amide bonds. The van der Waals surface area contributed by atoms with Crippen molar-refractivity contribution in [2.24, 2.45) is 0 Å². The molecule has 0 atom stereocenters. The summed E-state index contributed by atoms with van der Waals surface area (Å²) in [7, 11) is -3.74. The van der Waals surface area contributed by atoms with Crippen molar-refractivity contribution < 1.29 is 17.9 Å². The van der Waals surface area contributed by atoms with Gasteiger partial charge in [0.05, 0.1) is 4.90 Å². The number of benzene rings is 3. The highest BCUT2D eigenvalue weighted by atomic mass is 79.9. The van der Waals surface area contributed by atoms with Crippen molar-refractivity contribution >= 4 is 43.2 Å². The van der Waals surface area contributed by atoms with E-state index in [1.807, 2.05) is 45.0 Å². The van der Waals surface area contributed by atoms with E-state index in [2.05, 4.69) is 26.0 Å². The molecule has 6 nitrogen and oxygen atoms in total. The molecule has 174 valence electrons. The summed E-state index contributed by atoms with van der Waals surface area (Å²) in [5.41, 5.74) is 4.92. The van der Waals surface area contributed by atoms with Crippen molar-refractivity contribution in [1.82, 2.24) is 0 Å². The van der Waals surface area contributed by atoms with Gasteiger partial charge in [-0.05, 0) is 86.3 Å². The first-order valence-corrected chi connectivity index (χ1v) is 12.8. The zero-order chi connectivity index (χ0) is 24.2. The van der Waals surface area contributed by atoms with E-state index in [1.165, 1.54) is 12.1 Å². The first-order valence-electron chi connectivity index (χ1n) is 10.5. The van der Waals surface area contributed by atoms with E-state index < -0.39 is 10.0 Å². The molecule has 0 aliphatic rings. The number of amides is 1. The minimum Gasteiger partial charge on any atom is -0.483 e. The molecule has 0 spiro atoms. The van der Waals surface area contributed by atoms with Crippen molar-refractivity contribution in [2.75, 3.05) is 16.6 Å². The molecule has 0 bridgehead atoms. The number of ether oxygens (including phenoxy) is 1. The van der Waals surface area contributed by atoms with Gasteiger partial charge in [0.1, 0.15) is 5.75 Å². The summed E-state index contributed by atoms with van der Waals surface area (Å²) in [5, 5.41) is 2.92. The summed E-state index contributed by atoms with van der Waals surface area (Å²) in [6.07, 6.45) is 0.780. The van der Waals surface area contributed by atoms with Gasteiger partial charge in [-0.15, -0.1) is 0 Å². The van der Waals surface area contributed by atoms with Gasteiger partial charge in [-0.3, -0.25) is 9.52 Å². The summed E-state index contributed by atoms with van der Waals surface area (Å²) in [5.74, 6) is 0.162. The second-order valence-electron chi connectivity index (χ2n) is 7.85. The number of nitrogens with one attached hydrogen (secondary N) is 2. The van der Waals surface area contributed by atoms with Gasteiger partial charge in [0.25, 0.3) is 15.9 Å². The largest absolute Gasteiger partial charge is 0.483 e. The molecule has 0 aromatic heterocycles. The van der Waals surface area contributed by atoms with Crippen LogP contribution in [0.2, 0.25) is 0 Å². The van der Waals surface area contributed by atoms with E-state index in [-0.39, 0.29) is 17.4 Å². The predicted octanol–water partition coefficient (Wildman–Crippen LogP) is 5.76. The Labute approximate surface area is 203 Å². The molecule has 0 aliphatic heterocycles. The van der Waals surface area contributed by atoms with Gasteiger partial charge in [0.2, 0.25) is 0 Å². The van der Waals surface area contributed by atoms with E-state index in [0.29, 0.717) is 17.0 Å². The molecule has 33 heavy (non-hydrogen) atoms. The number of carbonyl (C=O) groups excluding carboxylic acids is 1.